The second-order valence-corrected chi connectivity index (χ2v) is 9.49. The van der Waals surface area contributed by atoms with Crippen molar-refractivity contribution in [2.24, 2.45) is 5.92 Å². The molecule has 2 aromatic rings. The number of halogens is 1. The molecular weight excluding hydrogens is 404 g/mol. The quantitative estimate of drug-likeness (QED) is 0.746. The van der Waals surface area contributed by atoms with Gasteiger partial charge in [-0.15, -0.1) is 22.7 Å². The van der Waals surface area contributed by atoms with E-state index in [4.69, 9.17) is 0 Å². The van der Waals surface area contributed by atoms with Crippen molar-refractivity contribution in [3.8, 4) is 10.6 Å². The minimum Gasteiger partial charge on any atom is -0.288 e. The second-order valence-electron chi connectivity index (χ2n) is 5.00. The normalized spacial score (nSPS) is 18.2. The number of hydrogen-bond acceptors (Lipinski definition) is 6. The molecule has 0 N–H and O–H groups in total. The van der Waals surface area contributed by atoms with E-state index in [1.54, 1.807) is 23.2 Å². The van der Waals surface area contributed by atoms with Crippen LogP contribution in [0.5, 0.6) is 0 Å². The molecule has 0 spiro atoms. The smallest absolute Gasteiger partial charge is 0.229 e. The van der Waals surface area contributed by atoms with Gasteiger partial charge in [0, 0.05) is 31.0 Å². The third kappa shape index (κ3) is 3.61. The lowest BCUT2D eigenvalue weighted by Gasteiger charge is -2.12. The Bertz CT molecular complexity index is 713. The van der Waals surface area contributed by atoms with Crippen molar-refractivity contribution < 1.29 is 9.59 Å². The van der Waals surface area contributed by atoms with Crippen LogP contribution in [0.4, 0.5) is 5.13 Å². The third-order valence-corrected chi connectivity index (χ3v) is 6.83. The van der Waals surface area contributed by atoms with Crippen molar-refractivity contribution in [2.75, 3.05) is 17.2 Å². The third-order valence-electron chi connectivity index (χ3n) is 3.28. The summed E-state index contributed by atoms with van der Waals surface area (Å²) in [6.07, 6.45) is 0.500. The molecule has 116 valence electrons. The van der Waals surface area contributed by atoms with Crippen molar-refractivity contribution in [2.45, 2.75) is 13.3 Å². The van der Waals surface area contributed by atoms with Crippen LogP contribution >= 0.6 is 50.4 Å². The maximum absolute atomic E-state index is 12.2. The fourth-order valence-electron chi connectivity index (χ4n) is 2.27. The molecule has 1 unspecified atom stereocenters. The topological polar surface area (TPSA) is 50.3 Å². The number of thiazole rings is 1. The van der Waals surface area contributed by atoms with Gasteiger partial charge in [0.2, 0.25) is 5.91 Å². The fourth-order valence-corrected chi connectivity index (χ4v) is 5.23. The summed E-state index contributed by atoms with van der Waals surface area (Å²) >= 11 is 7.86. The number of carbonyl (C=O) groups excluding carboxylic acids is 2. The highest BCUT2D eigenvalue weighted by atomic mass is 79.9. The molecule has 1 aliphatic rings. The van der Waals surface area contributed by atoms with E-state index in [0.29, 0.717) is 18.7 Å². The minimum atomic E-state index is 0.0995. The largest absolute Gasteiger partial charge is 0.288 e. The summed E-state index contributed by atoms with van der Waals surface area (Å²) in [7, 11) is 0. The molecule has 22 heavy (non-hydrogen) atoms. The zero-order chi connectivity index (χ0) is 15.7. The van der Waals surface area contributed by atoms with Crippen molar-refractivity contribution in [1.82, 2.24) is 4.98 Å². The van der Waals surface area contributed by atoms with Gasteiger partial charge in [-0.2, -0.15) is 0 Å². The van der Waals surface area contributed by atoms with Crippen LogP contribution in [-0.2, 0) is 9.59 Å². The number of rotatable bonds is 4. The first-order chi connectivity index (χ1) is 10.5. The Morgan fingerprint density at radius 2 is 2.36 bits per heavy atom. The van der Waals surface area contributed by atoms with Crippen LogP contribution in [0.25, 0.3) is 10.6 Å². The Hall–Kier alpha value is -0.700. The van der Waals surface area contributed by atoms with Crippen LogP contribution in [0.15, 0.2) is 21.3 Å². The van der Waals surface area contributed by atoms with Gasteiger partial charge in [-0.05, 0) is 34.0 Å². The second kappa shape index (κ2) is 6.82. The van der Waals surface area contributed by atoms with E-state index in [0.717, 1.165) is 19.5 Å². The maximum Gasteiger partial charge on any atom is 0.229 e. The summed E-state index contributed by atoms with van der Waals surface area (Å²) < 4.78 is 1.07. The van der Waals surface area contributed by atoms with E-state index < -0.39 is 0 Å². The maximum atomic E-state index is 12.2. The molecule has 0 aromatic carbocycles. The summed E-state index contributed by atoms with van der Waals surface area (Å²) in [6.45, 7) is 2.21. The molecule has 1 fully saturated rings. The minimum absolute atomic E-state index is 0.0995. The Morgan fingerprint density at radius 1 is 1.55 bits per heavy atom. The number of thiophene rings is 1. The van der Waals surface area contributed by atoms with Crippen LogP contribution in [0.1, 0.15) is 13.3 Å². The van der Waals surface area contributed by atoms with Crippen molar-refractivity contribution in [1.29, 1.82) is 0 Å². The molecule has 3 heterocycles. The first kappa shape index (κ1) is 16.2. The predicted molar refractivity (Wildman–Crippen MR) is 96.7 cm³/mol. The zero-order valence-corrected chi connectivity index (χ0v) is 15.8. The monoisotopic (exact) mass is 416 g/mol. The molecule has 8 heteroatoms. The van der Waals surface area contributed by atoms with Crippen molar-refractivity contribution in [3.63, 3.8) is 0 Å². The molecule has 0 aliphatic carbocycles. The summed E-state index contributed by atoms with van der Waals surface area (Å²) in [5, 5.41) is 2.84. The molecule has 4 nitrogen and oxygen atoms in total. The number of nitrogens with zero attached hydrogens (tertiary/aromatic N) is 2. The first-order valence-corrected chi connectivity index (χ1v) is 10.2. The van der Waals surface area contributed by atoms with Crippen molar-refractivity contribution in [3.05, 3.63) is 21.3 Å². The molecule has 1 amide bonds. The Morgan fingerprint density at radius 3 is 3.05 bits per heavy atom. The number of aromatic nitrogens is 1. The molecule has 3 rings (SSSR count). The lowest BCUT2D eigenvalue weighted by molar-refractivity contribution is -0.117. The molecule has 1 atom stereocenters. The van der Waals surface area contributed by atoms with Crippen LogP contribution < -0.4 is 4.90 Å². The van der Waals surface area contributed by atoms with E-state index in [9.17, 15) is 9.59 Å². The summed E-state index contributed by atoms with van der Waals surface area (Å²) in [6, 6.07) is 4.01. The standard InChI is InChI=1S/C14H13BrN2O2S3/c1-8(18)20-6-9-4-13(19)17(5-9)14-16-10(7-21-14)11-2-3-12(15)22-11/h2-3,7,9H,4-6H2,1H3. The van der Waals surface area contributed by atoms with Gasteiger partial charge in [0.05, 0.1) is 14.4 Å². The van der Waals surface area contributed by atoms with E-state index in [2.05, 4.69) is 20.9 Å². The lowest BCUT2D eigenvalue weighted by atomic mass is 10.1. The number of hydrogen-bond donors (Lipinski definition) is 0. The van der Waals surface area contributed by atoms with Gasteiger partial charge < -0.3 is 0 Å². The van der Waals surface area contributed by atoms with E-state index >= 15 is 0 Å². The highest BCUT2D eigenvalue weighted by Crippen LogP contribution is 2.36. The van der Waals surface area contributed by atoms with Gasteiger partial charge >= 0.3 is 0 Å². The molecule has 1 aliphatic heterocycles. The highest BCUT2D eigenvalue weighted by molar-refractivity contribution is 9.11. The molecule has 0 bridgehead atoms. The Balaban J connectivity index is 1.71. The van der Waals surface area contributed by atoms with Crippen LogP contribution in [-0.4, -0.2) is 28.3 Å². The fraction of sp³-hybridized carbons (Fsp3) is 0.357. The van der Waals surface area contributed by atoms with Crippen LogP contribution in [0.2, 0.25) is 0 Å². The van der Waals surface area contributed by atoms with Gasteiger partial charge in [-0.3, -0.25) is 14.5 Å². The predicted octanol–water partition coefficient (Wildman–Crippen LogP) is 4.27. The zero-order valence-electron chi connectivity index (χ0n) is 11.7. The number of carbonyl (C=O) groups is 2. The average Bonchev–Trinajstić information content (AvgIpc) is 3.15. The molecule has 1 saturated heterocycles. The first-order valence-electron chi connectivity index (χ1n) is 6.68. The molecular formula is C14H13BrN2O2S3. The van der Waals surface area contributed by atoms with Crippen LogP contribution in [0.3, 0.4) is 0 Å². The SMILES string of the molecule is CC(=O)SCC1CC(=O)N(c2nc(-c3ccc(Br)s3)cs2)C1. The number of amides is 1. The highest BCUT2D eigenvalue weighted by Gasteiger charge is 2.32. The summed E-state index contributed by atoms with van der Waals surface area (Å²) in [4.78, 5) is 30.7. The van der Waals surface area contributed by atoms with E-state index in [1.165, 1.54) is 23.1 Å². The van der Waals surface area contributed by atoms with Gasteiger partial charge in [0.15, 0.2) is 10.2 Å². The van der Waals surface area contributed by atoms with Gasteiger partial charge in [0.1, 0.15) is 0 Å². The summed E-state index contributed by atoms with van der Waals surface area (Å²) in [5.41, 5.74) is 0.907. The number of anilines is 1. The van der Waals surface area contributed by atoms with Crippen molar-refractivity contribution >= 4 is 66.5 Å². The number of thioether (sulfide) groups is 1. The van der Waals surface area contributed by atoms with Gasteiger partial charge in [-0.1, -0.05) is 11.8 Å². The average molecular weight is 417 g/mol. The molecule has 2 aromatic heterocycles. The Labute approximate surface area is 149 Å². The molecule has 0 radical (unpaired) electrons. The van der Waals surface area contributed by atoms with E-state index in [-0.39, 0.29) is 16.9 Å². The Kier molecular flexibility index (Phi) is 5.01. The summed E-state index contributed by atoms with van der Waals surface area (Å²) in [5.74, 6) is 1.03. The lowest BCUT2D eigenvalue weighted by Crippen LogP contribution is -2.24. The van der Waals surface area contributed by atoms with Crippen LogP contribution in [0, 0.1) is 5.92 Å². The molecule has 0 saturated carbocycles. The van der Waals surface area contributed by atoms with E-state index in [1.807, 2.05) is 17.5 Å². The van der Waals surface area contributed by atoms with Gasteiger partial charge in [-0.25, -0.2) is 4.98 Å². The van der Waals surface area contributed by atoms with Gasteiger partial charge in [0.25, 0.3) is 0 Å².